The third-order valence-corrected chi connectivity index (χ3v) is 6.33. The van der Waals surface area contributed by atoms with Crippen LogP contribution in [-0.4, -0.2) is 29.2 Å². The normalized spacial score (nSPS) is 14.5. The van der Waals surface area contributed by atoms with Crippen LogP contribution < -0.4 is 10.1 Å². The van der Waals surface area contributed by atoms with Crippen LogP contribution in [-0.2, 0) is 0 Å². The molecule has 0 bridgehead atoms. The highest BCUT2D eigenvalue weighted by Crippen LogP contribution is 2.40. The summed E-state index contributed by atoms with van der Waals surface area (Å²) in [6.07, 6.45) is 3.23. The van der Waals surface area contributed by atoms with Gasteiger partial charge in [-0.2, -0.15) is 0 Å². The van der Waals surface area contributed by atoms with Crippen molar-refractivity contribution in [2.24, 2.45) is 0 Å². The van der Waals surface area contributed by atoms with Crippen molar-refractivity contribution in [3.8, 4) is 28.3 Å². The lowest BCUT2D eigenvalue weighted by Gasteiger charge is -2.24. The lowest BCUT2D eigenvalue weighted by Crippen LogP contribution is -2.34. The molecule has 33 heavy (non-hydrogen) atoms. The van der Waals surface area contributed by atoms with Crippen LogP contribution in [0.3, 0.4) is 0 Å². The van der Waals surface area contributed by atoms with Gasteiger partial charge in [0, 0.05) is 34.8 Å². The Morgan fingerprint density at radius 3 is 2.42 bits per heavy atom. The second-order valence-corrected chi connectivity index (χ2v) is 8.67. The Morgan fingerprint density at radius 2 is 1.70 bits per heavy atom. The summed E-state index contributed by atoms with van der Waals surface area (Å²) >= 11 is 12.9. The van der Waals surface area contributed by atoms with Gasteiger partial charge in [0.05, 0.1) is 15.7 Å². The molecule has 168 valence electrons. The van der Waals surface area contributed by atoms with Gasteiger partial charge in [-0.1, -0.05) is 29.3 Å². The first-order valence-electron chi connectivity index (χ1n) is 10.6. The summed E-state index contributed by atoms with van der Waals surface area (Å²) < 4.78 is 34.7. The van der Waals surface area contributed by atoms with E-state index in [4.69, 9.17) is 32.9 Å². The third kappa shape index (κ3) is 4.38. The minimum absolute atomic E-state index is 0.0221. The van der Waals surface area contributed by atoms with Gasteiger partial charge in [0.2, 0.25) is 5.88 Å². The largest absolute Gasteiger partial charge is 0.474 e. The number of hydrogen-bond donors (Lipinski definition) is 1. The molecule has 3 heterocycles. The number of fused-ring (bicyclic) bond motifs is 1. The van der Waals surface area contributed by atoms with Crippen LogP contribution in [0.5, 0.6) is 5.88 Å². The van der Waals surface area contributed by atoms with Gasteiger partial charge in [0.25, 0.3) is 0 Å². The number of ether oxygens (including phenoxy) is 1. The molecule has 1 fully saturated rings. The average Bonchev–Trinajstić information content (AvgIpc) is 2.80. The number of aromatic nitrogens is 2. The van der Waals surface area contributed by atoms with Gasteiger partial charge in [-0.15, -0.1) is 0 Å². The first-order chi connectivity index (χ1) is 16.0. The van der Waals surface area contributed by atoms with Crippen molar-refractivity contribution in [2.45, 2.75) is 18.9 Å². The number of nitrogens with zero attached hydrogens (tertiary/aromatic N) is 2. The van der Waals surface area contributed by atoms with Crippen molar-refractivity contribution in [1.29, 1.82) is 0 Å². The van der Waals surface area contributed by atoms with E-state index in [0.717, 1.165) is 32.0 Å². The van der Waals surface area contributed by atoms with E-state index in [0.29, 0.717) is 43.6 Å². The van der Waals surface area contributed by atoms with Crippen molar-refractivity contribution in [3.63, 3.8) is 0 Å². The first kappa shape index (κ1) is 22.0. The molecule has 5 rings (SSSR count). The summed E-state index contributed by atoms with van der Waals surface area (Å²) in [6.45, 7) is 1.69. The Balaban J connectivity index is 1.76. The van der Waals surface area contributed by atoms with E-state index in [-0.39, 0.29) is 11.7 Å². The zero-order valence-electron chi connectivity index (χ0n) is 17.4. The fourth-order valence-corrected chi connectivity index (χ4v) is 4.69. The maximum absolute atomic E-state index is 14.8. The third-order valence-electron chi connectivity index (χ3n) is 5.70. The van der Waals surface area contributed by atoms with Crippen molar-refractivity contribution >= 4 is 34.1 Å². The maximum atomic E-state index is 14.8. The molecule has 2 aromatic carbocycles. The predicted octanol–water partition coefficient (Wildman–Crippen LogP) is 6.68. The van der Waals surface area contributed by atoms with Crippen LogP contribution in [0.25, 0.3) is 33.3 Å². The highest BCUT2D eigenvalue weighted by Gasteiger charge is 2.21. The molecule has 0 amide bonds. The molecule has 8 heteroatoms. The Morgan fingerprint density at radius 1 is 0.939 bits per heavy atom. The second kappa shape index (κ2) is 9.21. The lowest BCUT2D eigenvalue weighted by atomic mass is 9.99. The zero-order chi connectivity index (χ0) is 22.9. The van der Waals surface area contributed by atoms with Gasteiger partial charge < -0.3 is 10.1 Å². The monoisotopic (exact) mass is 485 g/mol. The summed E-state index contributed by atoms with van der Waals surface area (Å²) in [4.78, 5) is 9.25. The lowest BCUT2D eigenvalue weighted by molar-refractivity contribution is 0.156. The standard InChI is InChI=1S/C25H19Cl2F2N3O/c26-19-2-1-3-20(27)23(19)25-24-17(8-11-31-25)18(16-5-4-14(28)12-21(16)29)13-22(32-24)33-15-6-9-30-10-7-15/h1-5,8,11-13,15,30H,6-7,9-10H2. The number of halogens is 4. The molecule has 1 aliphatic rings. The highest BCUT2D eigenvalue weighted by atomic mass is 35.5. The number of pyridine rings is 2. The fourth-order valence-electron chi connectivity index (χ4n) is 4.11. The highest BCUT2D eigenvalue weighted by molar-refractivity contribution is 6.39. The Hall–Kier alpha value is -2.80. The SMILES string of the molecule is Fc1ccc(-c2cc(OC3CCNCC3)nc3c(-c4c(Cl)cccc4Cl)nccc23)c(F)c1. The summed E-state index contributed by atoms with van der Waals surface area (Å²) in [6, 6.07) is 12.1. The number of piperidine rings is 1. The van der Waals surface area contributed by atoms with E-state index in [1.807, 2.05) is 0 Å². The molecular weight excluding hydrogens is 467 g/mol. The van der Waals surface area contributed by atoms with Crippen LogP contribution in [0, 0.1) is 11.6 Å². The molecule has 0 saturated carbocycles. The summed E-state index contributed by atoms with van der Waals surface area (Å²) in [5, 5.41) is 4.76. The molecule has 1 N–H and O–H groups in total. The maximum Gasteiger partial charge on any atom is 0.214 e. The second-order valence-electron chi connectivity index (χ2n) is 7.85. The van der Waals surface area contributed by atoms with Crippen LogP contribution in [0.1, 0.15) is 12.8 Å². The van der Waals surface area contributed by atoms with E-state index in [2.05, 4.69) is 10.3 Å². The minimum atomic E-state index is -0.676. The molecule has 2 aromatic heterocycles. The summed E-state index contributed by atoms with van der Waals surface area (Å²) in [7, 11) is 0. The fraction of sp³-hybridized carbons (Fsp3) is 0.200. The van der Waals surface area contributed by atoms with E-state index in [9.17, 15) is 8.78 Å². The molecule has 4 nitrogen and oxygen atoms in total. The van der Waals surface area contributed by atoms with Crippen molar-refractivity contribution in [1.82, 2.24) is 15.3 Å². The predicted molar refractivity (Wildman–Crippen MR) is 127 cm³/mol. The molecule has 1 saturated heterocycles. The molecule has 0 radical (unpaired) electrons. The zero-order valence-corrected chi connectivity index (χ0v) is 18.9. The first-order valence-corrected chi connectivity index (χ1v) is 11.3. The topological polar surface area (TPSA) is 47.0 Å². The quantitative estimate of drug-likeness (QED) is 0.350. The Kier molecular flexibility index (Phi) is 6.15. The van der Waals surface area contributed by atoms with Gasteiger partial charge in [0.15, 0.2) is 0 Å². The number of benzene rings is 2. The molecule has 0 aliphatic carbocycles. The summed E-state index contributed by atoms with van der Waals surface area (Å²) in [5.74, 6) is -0.985. The van der Waals surface area contributed by atoms with Gasteiger partial charge in [-0.3, -0.25) is 4.98 Å². The Labute approximate surface area is 199 Å². The van der Waals surface area contributed by atoms with Gasteiger partial charge in [0.1, 0.15) is 23.3 Å². The van der Waals surface area contributed by atoms with Crippen LogP contribution in [0.15, 0.2) is 54.7 Å². The molecule has 4 aromatic rings. The number of nitrogens with one attached hydrogen (secondary N) is 1. The van der Waals surface area contributed by atoms with Crippen LogP contribution in [0.4, 0.5) is 8.78 Å². The van der Waals surface area contributed by atoms with E-state index in [1.54, 1.807) is 36.5 Å². The smallest absolute Gasteiger partial charge is 0.214 e. The molecular formula is C25H19Cl2F2N3O. The van der Waals surface area contributed by atoms with Crippen molar-refractivity contribution in [3.05, 3.63) is 76.4 Å². The van der Waals surface area contributed by atoms with Crippen LogP contribution in [0.2, 0.25) is 10.0 Å². The van der Waals surface area contributed by atoms with Crippen molar-refractivity contribution in [2.75, 3.05) is 13.1 Å². The van der Waals surface area contributed by atoms with Crippen molar-refractivity contribution < 1.29 is 13.5 Å². The minimum Gasteiger partial charge on any atom is -0.474 e. The van der Waals surface area contributed by atoms with Crippen LogP contribution >= 0.6 is 23.2 Å². The van der Waals surface area contributed by atoms with E-state index < -0.39 is 11.6 Å². The number of hydrogen-bond acceptors (Lipinski definition) is 4. The van der Waals surface area contributed by atoms with E-state index in [1.165, 1.54) is 12.1 Å². The van der Waals surface area contributed by atoms with E-state index >= 15 is 0 Å². The average molecular weight is 486 g/mol. The van der Waals surface area contributed by atoms with Gasteiger partial charge in [-0.25, -0.2) is 13.8 Å². The Bertz CT molecular complexity index is 1320. The summed E-state index contributed by atoms with van der Waals surface area (Å²) in [5.41, 5.74) is 2.22. The van der Waals surface area contributed by atoms with Gasteiger partial charge >= 0.3 is 0 Å². The molecule has 0 spiro atoms. The molecule has 0 atom stereocenters. The number of rotatable bonds is 4. The molecule has 1 aliphatic heterocycles. The molecule has 0 unspecified atom stereocenters. The van der Waals surface area contributed by atoms with Gasteiger partial charge in [-0.05, 0) is 61.8 Å².